The van der Waals surface area contributed by atoms with E-state index in [0.717, 1.165) is 44.8 Å². The summed E-state index contributed by atoms with van der Waals surface area (Å²) in [4.78, 5) is 18.9. The normalized spacial score (nSPS) is 16.7. The molecule has 2 aromatic heterocycles. The molecule has 0 spiro atoms. The van der Waals surface area contributed by atoms with Gasteiger partial charge in [0.05, 0.1) is 12.2 Å². The first-order valence-electron chi connectivity index (χ1n) is 9.85. The molecule has 2 aliphatic rings. The molecule has 2 aliphatic heterocycles. The quantitative estimate of drug-likeness (QED) is 0.685. The molecule has 0 saturated carbocycles. The molecule has 1 aromatic carbocycles. The highest BCUT2D eigenvalue weighted by Crippen LogP contribution is 2.23. The molecule has 5 nitrogen and oxygen atoms in total. The van der Waals surface area contributed by atoms with E-state index in [0.29, 0.717) is 12.2 Å². The highest BCUT2D eigenvalue weighted by Gasteiger charge is 2.26. The van der Waals surface area contributed by atoms with Crippen molar-refractivity contribution in [3.05, 3.63) is 74.7 Å². The summed E-state index contributed by atoms with van der Waals surface area (Å²) in [6, 6.07) is 12.6. The van der Waals surface area contributed by atoms with Gasteiger partial charge in [0.1, 0.15) is 0 Å². The van der Waals surface area contributed by atoms with Gasteiger partial charge in [-0.2, -0.15) is 5.10 Å². The Morgan fingerprint density at radius 2 is 1.96 bits per heavy atom. The zero-order chi connectivity index (χ0) is 19.1. The van der Waals surface area contributed by atoms with Gasteiger partial charge < -0.3 is 4.90 Å². The van der Waals surface area contributed by atoms with Crippen molar-refractivity contribution in [3.63, 3.8) is 0 Å². The van der Waals surface area contributed by atoms with Crippen molar-refractivity contribution in [2.75, 3.05) is 13.1 Å². The number of hydrogen-bond donors (Lipinski definition) is 0. The van der Waals surface area contributed by atoms with Crippen molar-refractivity contribution in [3.8, 4) is 0 Å². The molecule has 3 aromatic rings. The Morgan fingerprint density at radius 1 is 1.11 bits per heavy atom. The number of aromatic nitrogens is 2. The van der Waals surface area contributed by atoms with Crippen molar-refractivity contribution in [1.29, 1.82) is 0 Å². The Hall–Kier alpha value is -2.44. The average Bonchev–Trinajstić information content (AvgIpc) is 3.33. The van der Waals surface area contributed by atoms with Crippen LogP contribution >= 0.6 is 11.3 Å². The number of thiophene rings is 1. The summed E-state index contributed by atoms with van der Waals surface area (Å²) in [5, 5.41) is 6.79. The number of carbonyl (C=O) groups is 1. The van der Waals surface area contributed by atoms with E-state index in [1.165, 1.54) is 21.6 Å². The minimum absolute atomic E-state index is 0.0528. The van der Waals surface area contributed by atoms with Crippen molar-refractivity contribution in [2.24, 2.45) is 0 Å². The van der Waals surface area contributed by atoms with E-state index in [9.17, 15) is 4.79 Å². The predicted molar refractivity (Wildman–Crippen MR) is 110 cm³/mol. The van der Waals surface area contributed by atoms with Gasteiger partial charge in [-0.05, 0) is 47.5 Å². The second-order valence-corrected chi connectivity index (χ2v) is 8.73. The molecule has 0 aliphatic carbocycles. The summed E-state index contributed by atoms with van der Waals surface area (Å²) < 4.78 is 2.02. The van der Waals surface area contributed by atoms with E-state index in [2.05, 4.69) is 46.6 Å². The van der Waals surface area contributed by atoms with Crippen molar-refractivity contribution in [1.82, 2.24) is 19.6 Å². The molecule has 0 saturated heterocycles. The first-order chi connectivity index (χ1) is 13.7. The van der Waals surface area contributed by atoms with E-state index in [1.54, 1.807) is 0 Å². The van der Waals surface area contributed by atoms with Gasteiger partial charge >= 0.3 is 0 Å². The molecule has 28 heavy (non-hydrogen) atoms. The lowest BCUT2D eigenvalue weighted by Gasteiger charge is -2.28. The van der Waals surface area contributed by atoms with Crippen LogP contribution in [0, 0.1) is 6.92 Å². The lowest BCUT2D eigenvalue weighted by Crippen LogP contribution is -2.36. The van der Waals surface area contributed by atoms with Crippen LogP contribution in [0.1, 0.15) is 37.7 Å². The van der Waals surface area contributed by atoms with Crippen LogP contribution in [0.15, 0.2) is 41.8 Å². The molecule has 1 amide bonds. The molecule has 0 atom stereocenters. The smallest absolute Gasteiger partial charge is 0.274 e. The van der Waals surface area contributed by atoms with E-state index in [4.69, 9.17) is 0 Å². The highest BCUT2D eigenvalue weighted by molar-refractivity contribution is 7.10. The van der Waals surface area contributed by atoms with Gasteiger partial charge in [-0.15, -0.1) is 11.3 Å². The first kappa shape index (κ1) is 17.6. The molecule has 0 unspecified atom stereocenters. The summed E-state index contributed by atoms with van der Waals surface area (Å²) in [5.74, 6) is 0.0528. The SMILES string of the molecule is Cc1ccsc1CN1CCn2nc(C(=O)N3CCc4ccccc4C3)cc2C1. The topological polar surface area (TPSA) is 41.4 Å². The molecule has 0 radical (unpaired) electrons. The Balaban J connectivity index is 1.30. The average molecular weight is 393 g/mol. The van der Waals surface area contributed by atoms with Gasteiger partial charge in [-0.3, -0.25) is 14.4 Å². The summed E-state index contributed by atoms with van der Waals surface area (Å²) in [6.07, 6.45) is 0.920. The number of aryl methyl sites for hydroxylation is 1. The van der Waals surface area contributed by atoms with Gasteiger partial charge in [0.15, 0.2) is 5.69 Å². The number of amides is 1. The third-order valence-corrected chi connectivity index (χ3v) is 6.86. The van der Waals surface area contributed by atoms with Gasteiger partial charge in [0.2, 0.25) is 0 Å². The fourth-order valence-electron chi connectivity index (χ4n) is 4.16. The van der Waals surface area contributed by atoms with Gasteiger partial charge in [-0.1, -0.05) is 24.3 Å². The van der Waals surface area contributed by atoms with Crippen LogP contribution < -0.4 is 0 Å². The summed E-state index contributed by atoms with van der Waals surface area (Å²) in [7, 11) is 0. The van der Waals surface area contributed by atoms with Crippen LogP contribution in [0.4, 0.5) is 0 Å². The Labute approximate surface area is 169 Å². The fraction of sp³-hybridized carbons (Fsp3) is 0.364. The van der Waals surface area contributed by atoms with Crippen LogP contribution in [0.5, 0.6) is 0 Å². The maximum absolute atomic E-state index is 13.0. The molecular weight excluding hydrogens is 368 g/mol. The second kappa shape index (κ2) is 7.18. The van der Waals surface area contributed by atoms with Crippen LogP contribution in [0.3, 0.4) is 0 Å². The van der Waals surface area contributed by atoms with Crippen LogP contribution in [0.2, 0.25) is 0 Å². The standard InChI is InChI=1S/C22H24N4OS/c1-16-7-11-28-21(16)15-24-9-10-26-19(14-24)12-20(23-26)22(27)25-8-6-17-4-2-3-5-18(17)13-25/h2-5,7,11-12H,6,8-10,13-15H2,1H3. The largest absolute Gasteiger partial charge is 0.333 e. The molecule has 144 valence electrons. The molecule has 5 rings (SSSR count). The molecule has 6 heteroatoms. The lowest BCUT2D eigenvalue weighted by atomic mass is 10.00. The zero-order valence-corrected chi connectivity index (χ0v) is 16.9. The van der Waals surface area contributed by atoms with Gasteiger partial charge in [0, 0.05) is 37.6 Å². The van der Waals surface area contributed by atoms with Crippen LogP contribution in [0.25, 0.3) is 0 Å². The van der Waals surface area contributed by atoms with Crippen molar-refractivity contribution >= 4 is 17.2 Å². The second-order valence-electron chi connectivity index (χ2n) is 7.73. The maximum Gasteiger partial charge on any atom is 0.274 e. The van der Waals surface area contributed by atoms with E-state index in [1.807, 2.05) is 33.1 Å². The number of rotatable bonds is 3. The van der Waals surface area contributed by atoms with Gasteiger partial charge in [-0.25, -0.2) is 0 Å². The van der Waals surface area contributed by atoms with E-state index < -0.39 is 0 Å². The molecule has 4 heterocycles. The molecule has 0 bridgehead atoms. The summed E-state index contributed by atoms with van der Waals surface area (Å²) in [5.41, 5.74) is 5.70. The van der Waals surface area contributed by atoms with Crippen molar-refractivity contribution < 1.29 is 4.79 Å². The predicted octanol–water partition coefficient (Wildman–Crippen LogP) is 3.47. The maximum atomic E-state index is 13.0. The molecular formula is C22H24N4OS. The number of carbonyl (C=O) groups excluding carboxylic acids is 1. The summed E-state index contributed by atoms with van der Waals surface area (Å²) in [6.45, 7) is 7.25. The van der Waals surface area contributed by atoms with E-state index >= 15 is 0 Å². The number of nitrogens with zero attached hydrogens (tertiary/aromatic N) is 4. The Morgan fingerprint density at radius 3 is 2.79 bits per heavy atom. The molecule has 0 fully saturated rings. The fourth-order valence-corrected chi connectivity index (χ4v) is 5.11. The third kappa shape index (κ3) is 3.27. The Kier molecular flexibility index (Phi) is 4.53. The van der Waals surface area contributed by atoms with E-state index in [-0.39, 0.29) is 5.91 Å². The minimum atomic E-state index is 0.0528. The van der Waals surface area contributed by atoms with Crippen LogP contribution in [-0.2, 0) is 32.6 Å². The lowest BCUT2D eigenvalue weighted by molar-refractivity contribution is 0.0727. The number of benzene rings is 1. The molecule has 0 N–H and O–H groups in total. The number of hydrogen-bond acceptors (Lipinski definition) is 4. The highest BCUT2D eigenvalue weighted by atomic mass is 32.1. The summed E-state index contributed by atoms with van der Waals surface area (Å²) >= 11 is 1.82. The number of fused-ring (bicyclic) bond motifs is 2. The zero-order valence-electron chi connectivity index (χ0n) is 16.1. The monoisotopic (exact) mass is 392 g/mol. The van der Waals surface area contributed by atoms with Crippen LogP contribution in [-0.4, -0.2) is 38.6 Å². The Bertz CT molecular complexity index is 1020. The minimum Gasteiger partial charge on any atom is -0.333 e. The van der Waals surface area contributed by atoms with Crippen molar-refractivity contribution in [2.45, 2.75) is 39.5 Å². The first-order valence-corrected chi connectivity index (χ1v) is 10.7. The third-order valence-electron chi connectivity index (χ3n) is 5.85. The van der Waals surface area contributed by atoms with Gasteiger partial charge in [0.25, 0.3) is 5.91 Å².